The summed E-state index contributed by atoms with van der Waals surface area (Å²) >= 11 is 0. The maximum atomic E-state index is 12.8. The number of hydrogen-bond donors (Lipinski definition) is 2. The van der Waals surface area contributed by atoms with Crippen LogP contribution in [-0.2, 0) is 11.8 Å². The first kappa shape index (κ1) is 20.5. The van der Waals surface area contributed by atoms with E-state index in [0.717, 1.165) is 16.5 Å². The maximum Gasteiger partial charge on any atom is 0.258 e. The van der Waals surface area contributed by atoms with Crippen LogP contribution in [0.15, 0.2) is 65.5 Å². The second-order valence-corrected chi connectivity index (χ2v) is 6.93. The van der Waals surface area contributed by atoms with E-state index in [0.29, 0.717) is 11.1 Å². The number of aliphatic hydroxyl groups excluding tert-OH is 2. The highest BCUT2D eigenvalue weighted by Crippen LogP contribution is 2.31. The number of pyridine rings is 1. The van der Waals surface area contributed by atoms with Gasteiger partial charge in [-0.3, -0.25) is 4.79 Å². The van der Waals surface area contributed by atoms with Gasteiger partial charge in [0.15, 0.2) is 0 Å². The zero-order valence-electron chi connectivity index (χ0n) is 16.0. The summed E-state index contributed by atoms with van der Waals surface area (Å²) < 4.78 is 1.52. The number of aliphatic hydroxyl groups is 2. The molecule has 2 aromatic carbocycles. The fraction of sp³-hybridized carbons (Fsp3) is 0.217. The van der Waals surface area contributed by atoms with Crippen molar-refractivity contribution in [2.24, 2.45) is 7.05 Å². The smallest absolute Gasteiger partial charge is 0.258 e. The van der Waals surface area contributed by atoms with Crippen LogP contribution in [0.4, 0.5) is 0 Å². The fourth-order valence-corrected chi connectivity index (χ4v) is 3.42. The molecule has 0 bridgehead atoms. The van der Waals surface area contributed by atoms with Crippen LogP contribution in [0.3, 0.4) is 0 Å². The van der Waals surface area contributed by atoms with Gasteiger partial charge in [0.25, 0.3) is 5.56 Å². The SMILES string of the molecule is Cn1c(/C=C/C(O)CC(O)CC(=O)[O-])c(-c2ccccc2)c2ccccc2c1=O. The van der Waals surface area contributed by atoms with Gasteiger partial charge < -0.3 is 24.7 Å². The van der Waals surface area contributed by atoms with Crippen molar-refractivity contribution in [1.29, 1.82) is 0 Å². The van der Waals surface area contributed by atoms with Crippen molar-refractivity contribution in [2.75, 3.05) is 0 Å². The zero-order chi connectivity index (χ0) is 21.0. The molecule has 2 atom stereocenters. The Balaban J connectivity index is 2.08. The lowest BCUT2D eigenvalue weighted by atomic mass is 9.96. The van der Waals surface area contributed by atoms with Gasteiger partial charge >= 0.3 is 0 Å². The number of aliphatic carboxylic acids is 1. The highest BCUT2D eigenvalue weighted by molar-refractivity contribution is 5.99. The Morgan fingerprint density at radius 3 is 2.34 bits per heavy atom. The van der Waals surface area contributed by atoms with Gasteiger partial charge in [0, 0.05) is 36.8 Å². The number of hydrogen-bond acceptors (Lipinski definition) is 5. The number of nitrogens with zero attached hydrogens (tertiary/aromatic N) is 1. The van der Waals surface area contributed by atoms with E-state index in [1.807, 2.05) is 48.5 Å². The van der Waals surface area contributed by atoms with Crippen molar-refractivity contribution in [3.05, 3.63) is 76.7 Å². The van der Waals surface area contributed by atoms with E-state index in [4.69, 9.17) is 0 Å². The molecule has 2 N–H and O–H groups in total. The molecule has 0 aliphatic rings. The molecular weight excluding hydrogens is 370 g/mol. The Bertz CT molecular complexity index is 1100. The molecule has 0 amide bonds. The van der Waals surface area contributed by atoms with Crippen molar-refractivity contribution in [2.45, 2.75) is 25.0 Å². The predicted molar refractivity (Wildman–Crippen MR) is 110 cm³/mol. The Morgan fingerprint density at radius 1 is 1.07 bits per heavy atom. The molecule has 0 aliphatic heterocycles. The number of carbonyl (C=O) groups is 1. The molecule has 3 rings (SSSR count). The summed E-state index contributed by atoms with van der Waals surface area (Å²) in [7, 11) is 1.66. The van der Waals surface area contributed by atoms with Gasteiger partial charge in [-0.15, -0.1) is 0 Å². The summed E-state index contributed by atoms with van der Waals surface area (Å²) in [6, 6.07) is 17.0. The summed E-state index contributed by atoms with van der Waals surface area (Å²) in [5, 5.41) is 31.8. The summed E-state index contributed by atoms with van der Waals surface area (Å²) in [5.41, 5.74) is 2.22. The third-order valence-electron chi connectivity index (χ3n) is 4.80. The molecule has 0 spiro atoms. The van der Waals surface area contributed by atoms with Crippen LogP contribution >= 0.6 is 0 Å². The molecule has 1 aromatic heterocycles. The van der Waals surface area contributed by atoms with E-state index < -0.39 is 24.6 Å². The van der Waals surface area contributed by atoms with Gasteiger partial charge in [-0.05, 0) is 23.1 Å². The highest BCUT2D eigenvalue weighted by atomic mass is 16.4. The predicted octanol–water partition coefficient (Wildman–Crippen LogP) is 1.47. The van der Waals surface area contributed by atoms with Crippen LogP contribution in [0, 0.1) is 0 Å². The minimum atomic E-state index is -1.38. The van der Waals surface area contributed by atoms with E-state index in [9.17, 15) is 24.9 Å². The van der Waals surface area contributed by atoms with Crippen LogP contribution in [0.1, 0.15) is 18.5 Å². The van der Waals surface area contributed by atoms with Crippen LogP contribution in [0.2, 0.25) is 0 Å². The Kier molecular flexibility index (Phi) is 6.26. The zero-order valence-corrected chi connectivity index (χ0v) is 16.0. The van der Waals surface area contributed by atoms with Crippen LogP contribution in [0.5, 0.6) is 0 Å². The molecule has 6 heteroatoms. The molecule has 3 aromatic rings. The molecule has 29 heavy (non-hydrogen) atoms. The minimum Gasteiger partial charge on any atom is -0.550 e. The Morgan fingerprint density at radius 2 is 1.69 bits per heavy atom. The van der Waals surface area contributed by atoms with Gasteiger partial charge in [0.1, 0.15) is 0 Å². The lowest BCUT2D eigenvalue weighted by Crippen LogP contribution is -2.29. The minimum absolute atomic E-state index is 0.146. The number of benzene rings is 2. The van der Waals surface area contributed by atoms with E-state index in [1.54, 1.807) is 19.2 Å². The van der Waals surface area contributed by atoms with Crippen molar-refractivity contribution in [3.8, 4) is 11.1 Å². The lowest BCUT2D eigenvalue weighted by Gasteiger charge is -2.16. The van der Waals surface area contributed by atoms with E-state index >= 15 is 0 Å². The Hall–Kier alpha value is -3.22. The monoisotopic (exact) mass is 392 g/mol. The first-order valence-electron chi connectivity index (χ1n) is 9.29. The van der Waals surface area contributed by atoms with Gasteiger partial charge in [0.05, 0.1) is 17.9 Å². The molecule has 150 valence electrons. The maximum absolute atomic E-state index is 12.8. The summed E-state index contributed by atoms with van der Waals surface area (Å²) in [4.78, 5) is 23.4. The number of fused-ring (bicyclic) bond motifs is 1. The molecule has 0 saturated heterocycles. The number of carboxylic acid groups (broad SMARTS) is 1. The van der Waals surface area contributed by atoms with Crippen LogP contribution in [0.25, 0.3) is 28.0 Å². The van der Waals surface area contributed by atoms with Gasteiger partial charge in [-0.25, -0.2) is 0 Å². The lowest BCUT2D eigenvalue weighted by molar-refractivity contribution is -0.307. The summed E-state index contributed by atoms with van der Waals surface area (Å²) in [5.74, 6) is -1.38. The molecule has 0 radical (unpaired) electrons. The van der Waals surface area contributed by atoms with Gasteiger partial charge in [0.2, 0.25) is 0 Å². The fourth-order valence-electron chi connectivity index (χ4n) is 3.42. The number of carbonyl (C=O) groups excluding carboxylic acids is 1. The molecule has 0 aliphatic carbocycles. The second-order valence-electron chi connectivity index (χ2n) is 6.93. The standard InChI is InChI=1S/C23H23NO5/c1-24-20(12-11-16(25)13-17(26)14-21(27)28)22(15-7-3-2-4-8-15)18-9-5-6-10-19(18)23(24)29/h2-12,16-17,25-26H,13-14H2,1H3,(H,27,28)/p-1/b12-11+. The first-order chi connectivity index (χ1) is 13.9. The molecule has 0 fully saturated rings. The molecule has 1 heterocycles. The van der Waals surface area contributed by atoms with Crippen molar-refractivity contribution in [3.63, 3.8) is 0 Å². The average Bonchev–Trinajstić information content (AvgIpc) is 2.69. The van der Waals surface area contributed by atoms with Gasteiger partial charge in [-0.1, -0.05) is 54.6 Å². The van der Waals surface area contributed by atoms with E-state index in [1.165, 1.54) is 10.6 Å². The Labute approximate surface area is 168 Å². The second kappa shape index (κ2) is 8.86. The molecular formula is C23H22NO5-. The summed E-state index contributed by atoms with van der Waals surface area (Å²) in [6.45, 7) is 0. The highest BCUT2D eigenvalue weighted by Gasteiger charge is 2.15. The largest absolute Gasteiger partial charge is 0.550 e. The van der Waals surface area contributed by atoms with E-state index in [2.05, 4.69) is 0 Å². The topological polar surface area (TPSA) is 103 Å². The number of carboxylic acids is 1. The molecule has 6 nitrogen and oxygen atoms in total. The van der Waals surface area contributed by atoms with Crippen molar-refractivity contribution < 1.29 is 20.1 Å². The number of rotatable bonds is 7. The van der Waals surface area contributed by atoms with Crippen molar-refractivity contribution in [1.82, 2.24) is 4.57 Å². The first-order valence-corrected chi connectivity index (χ1v) is 9.29. The average molecular weight is 392 g/mol. The van der Waals surface area contributed by atoms with E-state index in [-0.39, 0.29) is 12.0 Å². The molecule has 0 saturated carbocycles. The van der Waals surface area contributed by atoms with Gasteiger partial charge in [-0.2, -0.15) is 0 Å². The van der Waals surface area contributed by atoms with Crippen molar-refractivity contribution >= 4 is 22.8 Å². The third-order valence-corrected chi connectivity index (χ3v) is 4.80. The molecule has 2 unspecified atom stereocenters. The van der Waals surface area contributed by atoms with Crippen LogP contribution in [-0.4, -0.2) is 33.0 Å². The van der Waals surface area contributed by atoms with Crippen LogP contribution < -0.4 is 10.7 Å². The number of aromatic nitrogens is 1. The quantitative estimate of drug-likeness (QED) is 0.634. The summed E-state index contributed by atoms with van der Waals surface area (Å²) in [6.07, 6.45) is 0.103. The third kappa shape index (κ3) is 4.62. The normalized spacial score (nSPS) is 13.6.